The van der Waals surface area contributed by atoms with E-state index in [0.717, 1.165) is 28.3 Å². The maximum atomic E-state index is 5.54. The molecule has 1 aromatic carbocycles. The second-order valence-electron chi connectivity index (χ2n) is 4.83. The van der Waals surface area contributed by atoms with Crippen molar-refractivity contribution in [3.63, 3.8) is 0 Å². The van der Waals surface area contributed by atoms with Gasteiger partial charge in [-0.15, -0.1) is 0 Å². The maximum absolute atomic E-state index is 5.54. The molecule has 2 aromatic heterocycles. The Morgan fingerprint density at radius 2 is 2.00 bits per heavy atom. The normalized spacial score (nSPS) is 10.9. The van der Waals surface area contributed by atoms with Crippen molar-refractivity contribution in [1.29, 1.82) is 0 Å². The van der Waals surface area contributed by atoms with Crippen molar-refractivity contribution in [3.05, 3.63) is 36.3 Å². The summed E-state index contributed by atoms with van der Waals surface area (Å²) in [6.45, 7) is 3.05. The van der Waals surface area contributed by atoms with E-state index in [9.17, 15) is 0 Å². The molecule has 0 saturated carbocycles. The fourth-order valence-electron chi connectivity index (χ4n) is 2.25. The number of nitrogens with one attached hydrogen (secondary N) is 1. The largest absolute Gasteiger partial charge is 0.497 e. The predicted molar refractivity (Wildman–Crippen MR) is 85.5 cm³/mol. The molecule has 3 N–H and O–H groups in total. The van der Waals surface area contributed by atoms with E-state index in [-0.39, 0.29) is 0 Å². The SMILES string of the molecule is COc1ccc(-n2ncc3c(NCCN)nc(C)nc32)cc1. The molecule has 3 aromatic rings. The van der Waals surface area contributed by atoms with Crippen LogP contribution in [0, 0.1) is 6.92 Å². The van der Waals surface area contributed by atoms with Gasteiger partial charge in [-0.25, -0.2) is 14.6 Å². The standard InChI is InChI=1S/C15H18N6O/c1-10-19-14(17-8-7-16)13-9-18-21(15(13)20-10)11-3-5-12(22-2)6-4-11/h3-6,9H,7-8,16H2,1-2H3,(H,17,19,20). The van der Waals surface area contributed by atoms with E-state index in [1.165, 1.54) is 0 Å². The molecule has 0 radical (unpaired) electrons. The van der Waals surface area contributed by atoms with E-state index in [1.807, 2.05) is 31.2 Å². The summed E-state index contributed by atoms with van der Waals surface area (Å²) in [6.07, 6.45) is 1.76. The fraction of sp³-hybridized carbons (Fsp3) is 0.267. The molecule has 0 unspecified atom stereocenters. The quantitative estimate of drug-likeness (QED) is 0.742. The highest BCUT2D eigenvalue weighted by molar-refractivity contribution is 5.87. The minimum absolute atomic E-state index is 0.539. The molecular weight excluding hydrogens is 280 g/mol. The molecule has 0 atom stereocenters. The lowest BCUT2D eigenvalue weighted by Gasteiger charge is -2.08. The van der Waals surface area contributed by atoms with Crippen LogP contribution in [0.25, 0.3) is 16.7 Å². The third-order valence-electron chi connectivity index (χ3n) is 3.29. The van der Waals surface area contributed by atoms with Crippen molar-refractivity contribution in [2.45, 2.75) is 6.92 Å². The molecule has 0 bridgehead atoms. The van der Waals surface area contributed by atoms with Crippen LogP contribution >= 0.6 is 0 Å². The van der Waals surface area contributed by atoms with Crippen LogP contribution in [0.5, 0.6) is 5.75 Å². The van der Waals surface area contributed by atoms with Crippen molar-refractivity contribution in [1.82, 2.24) is 19.7 Å². The molecular formula is C15H18N6O. The van der Waals surface area contributed by atoms with Gasteiger partial charge in [0.15, 0.2) is 5.65 Å². The lowest BCUT2D eigenvalue weighted by Crippen LogP contribution is -2.14. The lowest BCUT2D eigenvalue weighted by atomic mass is 10.3. The minimum atomic E-state index is 0.539. The monoisotopic (exact) mass is 298 g/mol. The molecule has 2 heterocycles. The Kier molecular flexibility index (Phi) is 3.88. The third-order valence-corrected chi connectivity index (χ3v) is 3.29. The van der Waals surface area contributed by atoms with Crippen molar-refractivity contribution < 1.29 is 4.74 Å². The lowest BCUT2D eigenvalue weighted by molar-refractivity contribution is 0.414. The van der Waals surface area contributed by atoms with Gasteiger partial charge in [0.2, 0.25) is 0 Å². The van der Waals surface area contributed by atoms with Crippen LogP contribution in [0.4, 0.5) is 5.82 Å². The average molecular weight is 298 g/mol. The number of hydrogen-bond acceptors (Lipinski definition) is 6. The average Bonchev–Trinajstić information content (AvgIpc) is 2.96. The number of nitrogens with zero attached hydrogens (tertiary/aromatic N) is 4. The zero-order valence-corrected chi connectivity index (χ0v) is 12.6. The number of anilines is 1. The number of rotatable bonds is 5. The second-order valence-corrected chi connectivity index (χ2v) is 4.83. The fourth-order valence-corrected chi connectivity index (χ4v) is 2.25. The number of fused-ring (bicyclic) bond motifs is 1. The highest BCUT2D eigenvalue weighted by atomic mass is 16.5. The van der Waals surface area contributed by atoms with E-state index in [4.69, 9.17) is 10.5 Å². The van der Waals surface area contributed by atoms with Crippen LogP contribution in [0.3, 0.4) is 0 Å². The van der Waals surface area contributed by atoms with Crippen LogP contribution in [0.1, 0.15) is 5.82 Å². The topological polar surface area (TPSA) is 90.9 Å². The molecule has 0 aliphatic heterocycles. The Bertz CT molecular complexity index is 781. The van der Waals surface area contributed by atoms with Crippen LogP contribution < -0.4 is 15.8 Å². The first kappa shape index (κ1) is 14.3. The van der Waals surface area contributed by atoms with Crippen LogP contribution in [0.15, 0.2) is 30.5 Å². The van der Waals surface area contributed by atoms with Crippen LogP contribution in [-0.2, 0) is 0 Å². The van der Waals surface area contributed by atoms with Crippen molar-refractivity contribution in [2.24, 2.45) is 5.73 Å². The van der Waals surface area contributed by atoms with E-state index >= 15 is 0 Å². The maximum Gasteiger partial charge on any atom is 0.168 e. The number of hydrogen-bond donors (Lipinski definition) is 2. The van der Waals surface area contributed by atoms with Gasteiger partial charge in [-0.2, -0.15) is 5.10 Å². The summed E-state index contributed by atoms with van der Waals surface area (Å²) < 4.78 is 6.97. The summed E-state index contributed by atoms with van der Waals surface area (Å²) in [5, 5.41) is 8.51. The highest BCUT2D eigenvalue weighted by Crippen LogP contribution is 2.23. The predicted octanol–water partition coefficient (Wildman–Crippen LogP) is 1.50. The molecule has 3 rings (SSSR count). The summed E-state index contributed by atoms with van der Waals surface area (Å²) in [7, 11) is 1.64. The zero-order valence-electron chi connectivity index (χ0n) is 12.6. The Balaban J connectivity index is 2.08. The van der Waals surface area contributed by atoms with Gasteiger partial charge < -0.3 is 15.8 Å². The van der Waals surface area contributed by atoms with E-state index in [1.54, 1.807) is 18.0 Å². The van der Waals surface area contributed by atoms with Crippen molar-refractivity contribution in [3.8, 4) is 11.4 Å². The number of aryl methyl sites for hydroxylation is 1. The van der Waals surface area contributed by atoms with Gasteiger partial charge in [0.1, 0.15) is 17.4 Å². The van der Waals surface area contributed by atoms with Gasteiger partial charge in [-0.05, 0) is 31.2 Å². The van der Waals surface area contributed by atoms with Crippen molar-refractivity contribution >= 4 is 16.9 Å². The van der Waals surface area contributed by atoms with Crippen LogP contribution in [-0.4, -0.2) is 39.9 Å². The number of methoxy groups -OCH3 is 1. The summed E-state index contributed by atoms with van der Waals surface area (Å²) >= 11 is 0. The molecule has 0 amide bonds. The van der Waals surface area contributed by atoms with E-state index in [0.29, 0.717) is 18.9 Å². The minimum Gasteiger partial charge on any atom is -0.497 e. The molecule has 114 valence electrons. The molecule has 0 aliphatic carbocycles. The first-order valence-electron chi connectivity index (χ1n) is 7.03. The Morgan fingerprint density at radius 3 is 2.68 bits per heavy atom. The molecule has 0 spiro atoms. The zero-order chi connectivity index (χ0) is 15.5. The van der Waals surface area contributed by atoms with Gasteiger partial charge in [0.25, 0.3) is 0 Å². The first-order chi connectivity index (χ1) is 10.7. The van der Waals surface area contributed by atoms with E-state index < -0.39 is 0 Å². The van der Waals surface area contributed by atoms with Crippen molar-refractivity contribution in [2.75, 3.05) is 25.5 Å². The van der Waals surface area contributed by atoms with Gasteiger partial charge >= 0.3 is 0 Å². The first-order valence-corrected chi connectivity index (χ1v) is 7.03. The summed E-state index contributed by atoms with van der Waals surface area (Å²) in [5.41, 5.74) is 7.22. The molecule has 7 nitrogen and oxygen atoms in total. The molecule has 0 saturated heterocycles. The van der Waals surface area contributed by atoms with Gasteiger partial charge in [-0.3, -0.25) is 0 Å². The highest BCUT2D eigenvalue weighted by Gasteiger charge is 2.12. The van der Waals surface area contributed by atoms with Gasteiger partial charge in [0.05, 0.1) is 24.4 Å². The Morgan fingerprint density at radius 1 is 1.23 bits per heavy atom. The summed E-state index contributed by atoms with van der Waals surface area (Å²) in [6, 6.07) is 7.67. The van der Waals surface area contributed by atoms with Crippen LogP contribution in [0.2, 0.25) is 0 Å². The number of benzene rings is 1. The van der Waals surface area contributed by atoms with Gasteiger partial charge in [-0.1, -0.05) is 0 Å². The summed E-state index contributed by atoms with van der Waals surface area (Å²) in [4.78, 5) is 8.93. The molecule has 22 heavy (non-hydrogen) atoms. The molecule has 0 fully saturated rings. The Hall–Kier alpha value is -2.67. The Labute approximate surface area is 128 Å². The summed E-state index contributed by atoms with van der Waals surface area (Å²) in [5.74, 6) is 2.24. The molecule has 0 aliphatic rings. The smallest absolute Gasteiger partial charge is 0.168 e. The van der Waals surface area contributed by atoms with E-state index in [2.05, 4.69) is 20.4 Å². The second kappa shape index (κ2) is 5.98. The third kappa shape index (κ3) is 2.58. The number of nitrogens with two attached hydrogens (primary N) is 1. The van der Waals surface area contributed by atoms with Gasteiger partial charge in [0, 0.05) is 13.1 Å². The molecule has 7 heteroatoms. The number of ether oxygens (including phenoxy) is 1. The number of aromatic nitrogens is 4.